The van der Waals surface area contributed by atoms with Crippen LogP contribution in [0.25, 0.3) is 0 Å². The molecule has 0 saturated carbocycles. The summed E-state index contributed by atoms with van der Waals surface area (Å²) in [7, 11) is 0. The number of anilines is 2. The summed E-state index contributed by atoms with van der Waals surface area (Å²) in [5, 5.41) is 2.06. The highest BCUT2D eigenvalue weighted by atomic mass is 35.5. The molecule has 1 saturated heterocycles. The molecule has 0 bridgehead atoms. The Labute approximate surface area is 164 Å². The summed E-state index contributed by atoms with van der Waals surface area (Å²) >= 11 is 6.96. The second-order valence-electron chi connectivity index (χ2n) is 5.89. The molecule has 1 atom stereocenters. The fourth-order valence-corrected chi connectivity index (χ4v) is 3.95. The van der Waals surface area contributed by atoms with Crippen molar-refractivity contribution in [2.45, 2.75) is 18.1 Å². The SMILES string of the molecule is O=C(CCS[C@@H]1CC(=O)N(c2ccccc2)C1=O)Nc1ccc(F)c(Cl)c1. The number of benzene rings is 2. The number of nitrogens with zero attached hydrogens (tertiary/aromatic N) is 1. The Morgan fingerprint density at radius 1 is 1.22 bits per heavy atom. The molecule has 0 spiro atoms. The van der Waals surface area contributed by atoms with Gasteiger partial charge in [-0.1, -0.05) is 29.8 Å². The van der Waals surface area contributed by atoms with Gasteiger partial charge >= 0.3 is 0 Å². The van der Waals surface area contributed by atoms with Gasteiger partial charge in [0.05, 0.1) is 16.0 Å². The number of para-hydroxylation sites is 1. The predicted molar refractivity (Wildman–Crippen MR) is 104 cm³/mol. The molecule has 0 aliphatic carbocycles. The number of imide groups is 1. The molecule has 3 rings (SSSR count). The third-order valence-corrected chi connectivity index (χ3v) is 5.47. The van der Waals surface area contributed by atoms with Crippen LogP contribution in [0.15, 0.2) is 48.5 Å². The van der Waals surface area contributed by atoms with Gasteiger partial charge in [-0.05, 0) is 30.3 Å². The van der Waals surface area contributed by atoms with E-state index in [0.29, 0.717) is 17.1 Å². The average molecular weight is 407 g/mol. The summed E-state index contributed by atoms with van der Waals surface area (Å²) in [6, 6.07) is 12.7. The van der Waals surface area contributed by atoms with Crippen LogP contribution in [0.4, 0.5) is 15.8 Å². The molecule has 1 fully saturated rings. The second kappa shape index (κ2) is 8.54. The maximum absolute atomic E-state index is 13.1. The van der Waals surface area contributed by atoms with Gasteiger partial charge in [0.15, 0.2) is 0 Å². The molecule has 0 radical (unpaired) electrons. The standard InChI is InChI=1S/C19H16ClFN2O3S/c20-14-10-12(6-7-15(14)21)22-17(24)8-9-27-16-11-18(25)23(19(16)26)13-4-2-1-3-5-13/h1-7,10,16H,8-9,11H2,(H,22,24)/t16-/m1/s1. The monoisotopic (exact) mass is 406 g/mol. The highest BCUT2D eigenvalue weighted by Crippen LogP contribution is 2.30. The Morgan fingerprint density at radius 3 is 2.67 bits per heavy atom. The molecule has 3 amide bonds. The van der Waals surface area contributed by atoms with E-state index >= 15 is 0 Å². The third-order valence-electron chi connectivity index (χ3n) is 3.97. The van der Waals surface area contributed by atoms with E-state index in [9.17, 15) is 18.8 Å². The van der Waals surface area contributed by atoms with E-state index < -0.39 is 11.1 Å². The van der Waals surface area contributed by atoms with Gasteiger partial charge in [-0.2, -0.15) is 0 Å². The number of hydrogen-bond donors (Lipinski definition) is 1. The van der Waals surface area contributed by atoms with E-state index in [1.807, 2.05) is 6.07 Å². The molecule has 27 heavy (non-hydrogen) atoms. The Balaban J connectivity index is 1.50. The van der Waals surface area contributed by atoms with Crippen LogP contribution in [0.2, 0.25) is 5.02 Å². The van der Waals surface area contributed by atoms with Crippen molar-refractivity contribution < 1.29 is 18.8 Å². The zero-order valence-corrected chi connectivity index (χ0v) is 15.7. The van der Waals surface area contributed by atoms with Crippen molar-refractivity contribution in [1.82, 2.24) is 0 Å². The number of carbonyl (C=O) groups is 3. The number of hydrogen-bond acceptors (Lipinski definition) is 4. The third kappa shape index (κ3) is 4.67. The van der Waals surface area contributed by atoms with Crippen LogP contribution in [0, 0.1) is 5.82 Å². The van der Waals surface area contributed by atoms with E-state index in [1.165, 1.54) is 34.9 Å². The Bertz CT molecular complexity index is 879. The molecule has 5 nitrogen and oxygen atoms in total. The molecule has 1 heterocycles. The highest BCUT2D eigenvalue weighted by molar-refractivity contribution is 8.00. The van der Waals surface area contributed by atoms with Crippen molar-refractivity contribution in [2.75, 3.05) is 16.0 Å². The topological polar surface area (TPSA) is 66.5 Å². The normalized spacial score (nSPS) is 16.7. The largest absolute Gasteiger partial charge is 0.326 e. The van der Waals surface area contributed by atoms with E-state index in [1.54, 1.807) is 24.3 Å². The quantitative estimate of drug-likeness (QED) is 0.739. The molecule has 1 N–H and O–H groups in total. The summed E-state index contributed by atoms with van der Waals surface area (Å²) in [5.74, 6) is -0.955. The first-order chi connectivity index (χ1) is 13.0. The number of rotatable bonds is 6. The van der Waals surface area contributed by atoms with Gasteiger partial charge in [-0.15, -0.1) is 11.8 Å². The van der Waals surface area contributed by atoms with E-state index in [-0.39, 0.29) is 35.6 Å². The van der Waals surface area contributed by atoms with E-state index in [0.717, 1.165) is 0 Å². The highest BCUT2D eigenvalue weighted by Gasteiger charge is 2.39. The molecule has 2 aromatic carbocycles. The minimum Gasteiger partial charge on any atom is -0.326 e. The van der Waals surface area contributed by atoms with E-state index in [4.69, 9.17) is 11.6 Å². The lowest BCUT2D eigenvalue weighted by Crippen LogP contribution is -2.31. The lowest BCUT2D eigenvalue weighted by atomic mass is 10.3. The molecule has 2 aromatic rings. The molecule has 140 valence electrons. The minimum absolute atomic E-state index is 0.0711. The fraction of sp³-hybridized carbons (Fsp3) is 0.211. The minimum atomic E-state index is -0.558. The van der Waals surface area contributed by atoms with Crippen molar-refractivity contribution in [1.29, 1.82) is 0 Å². The Morgan fingerprint density at radius 2 is 1.96 bits per heavy atom. The molecule has 8 heteroatoms. The van der Waals surface area contributed by atoms with Crippen LogP contribution in [-0.4, -0.2) is 28.7 Å². The Hall–Kier alpha value is -2.38. The van der Waals surface area contributed by atoms with Gasteiger partial charge < -0.3 is 5.32 Å². The number of amides is 3. The number of carbonyl (C=O) groups excluding carboxylic acids is 3. The zero-order valence-electron chi connectivity index (χ0n) is 14.2. The molecule has 0 unspecified atom stereocenters. The lowest BCUT2D eigenvalue weighted by Gasteiger charge is -2.14. The zero-order chi connectivity index (χ0) is 19.4. The first-order valence-electron chi connectivity index (χ1n) is 8.24. The first-order valence-corrected chi connectivity index (χ1v) is 9.67. The van der Waals surface area contributed by atoms with Crippen LogP contribution >= 0.6 is 23.4 Å². The van der Waals surface area contributed by atoms with Gasteiger partial charge in [-0.25, -0.2) is 9.29 Å². The van der Waals surface area contributed by atoms with Crippen LogP contribution in [0.5, 0.6) is 0 Å². The smallest absolute Gasteiger partial charge is 0.247 e. The summed E-state index contributed by atoms with van der Waals surface area (Å²) < 4.78 is 13.1. The first kappa shape index (κ1) is 19.4. The Kier molecular flexibility index (Phi) is 6.13. The summed E-state index contributed by atoms with van der Waals surface area (Å²) in [6.07, 6.45) is 0.274. The molecular formula is C19H16ClFN2O3S. The maximum Gasteiger partial charge on any atom is 0.247 e. The average Bonchev–Trinajstić information content (AvgIpc) is 2.92. The number of thioether (sulfide) groups is 1. The van der Waals surface area contributed by atoms with E-state index in [2.05, 4.69) is 5.32 Å². The van der Waals surface area contributed by atoms with Crippen molar-refractivity contribution in [2.24, 2.45) is 0 Å². The maximum atomic E-state index is 13.1. The number of nitrogens with one attached hydrogen (secondary N) is 1. The van der Waals surface area contributed by atoms with Gasteiger partial charge in [0.25, 0.3) is 0 Å². The van der Waals surface area contributed by atoms with Gasteiger partial charge in [0, 0.05) is 24.3 Å². The summed E-state index contributed by atoms with van der Waals surface area (Å²) in [5.41, 5.74) is 0.959. The van der Waals surface area contributed by atoms with Gasteiger partial charge in [0.2, 0.25) is 17.7 Å². The molecule has 1 aliphatic rings. The van der Waals surface area contributed by atoms with Crippen LogP contribution < -0.4 is 10.2 Å². The van der Waals surface area contributed by atoms with Crippen LogP contribution in [-0.2, 0) is 14.4 Å². The van der Waals surface area contributed by atoms with Crippen LogP contribution in [0.3, 0.4) is 0 Å². The fourth-order valence-electron chi connectivity index (χ4n) is 2.67. The van der Waals surface area contributed by atoms with Crippen molar-refractivity contribution in [3.05, 3.63) is 59.4 Å². The second-order valence-corrected chi connectivity index (χ2v) is 7.61. The van der Waals surface area contributed by atoms with Gasteiger partial charge in [0.1, 0.15) is 5.82 Å². The summed E-state index contributed by atoms with van der Waals surface area (Å²) in [6.45, 7) is 0. The lowest BCUT2D eigenvalue weighted by molar-refractivity contribution is -0.121. The van der Waals surface area contributed by atoms with Crippen LogP contribution in [0.1, 0.15) is 12.8 Å². The molecular weight excluding hydrogens is 391 g/mol. The van der Waals surface area contributed by atoms with Crippen molar-refractivity contribution in [3.8, 4) is 0 Å². The predicted octanol–water partition coefficient (Wildman–Crippen LogP) is 3.87. The summed E-state index contributed by atoms with van der Waals surface area (Å²) in [4.78, 5) is 37.8. The van der Waals surface area contributed by atoms with Crippen molar-refractivity contribution >= 4 is 52.5 Å². The number of halogens is 2. The molecule has 1 aliphatic heterocycles. The van der Waals surface area contributed by atoms with Gasteiger partial charge in [-0.3, -0.25) is 14.4 Å². The molecule has 0 aromatic heterocycles. The van der Waals surface area contributed by atoms with Crippen molar-refractivity contribution in [3.63, 3.8) is 0 Å².